The van der Waals surface area contributed by atoms with Gasteiger partial charge in [-0.05, 0) is 36.3 Å². The van der Waals surface area contributed by atoms with Gasteiger partial charge in [0.2, 0.25) is 0 Å². The number of rotatable bonds is 4. The van der Waals surface area contributed by atoms with E-state index in [9.17, 15) is 0 Å². The molecule has 0 aromatic rings. The van der Waals surface area contributed by atoms with Crippen molar-refractivity contribution in [1.29, 1.82) is 0 Å². The standard InChI is InChI=1S/C16H31N/c1-4-17-12-14-15(16(14,2)3)13-10-8-6-5-7-9-11-13/h13-15,17H,4-12H2,1-3H3. The van der Waals surface area contributed by atoms with E-state index in [1.165, 1.54) is 51.5 Å². The van der Waals surface area contributed by atoms with Crippen LogP contribution in [-0.2, 0) is 0 Å². The van der Waals surface area contributed by atoms with Crippen LogP contribution in [0.5, 0.6) is 0 Å². The van der Waals surface area contributed by atoms with Crippen LogP contribution in [0.15, 0.2) is 0 Å². The molecule has 2 fully saturated rings. The summed E-state index contributed by atoms with van der Waals surface area (Å²) in [7, 11) is 0. The molecule has 0 saturated heterocycles. The van der Waals surface area contributed by atoms with Crippen molar-refractivity contribution in [2.75, 3.05) is 13.1 Å². The number of nitrogens with one attached hydrogen (secondary N) is 1. The molecule has 0 radical (unpaired) electrons. The lowest BCUT2D eigenvalue weighted by Gasteiger charge is -2.21. The molecular weight excluding hydrogens is 206 g/mol. The average Bonchev–Trinajstić information content (AvgIpc) is 2.77. The molecule has 0 aliphatic heterocycles. The molecule has 2 unspecified atom stereocenters. The van der Waals surface area contributed by atoms with Gasteiger partial charge in [-0.3, -0.25) is 0 Å². The first-order valence-electron chi connectivity index (χ1n) is 7.88. The first kappa shape index (κ1) is 13.4. The predicted octanol–water partition coefficient (Wildman–Crippen LogP) is 4.23. The fourth-order valence-corrected chi connectivity index (χ4v) is 4.26. The van der Waals surface area contributed by atoms with Gasteiger partial charge in [-0.15, -0.1) is 0 Å². The Hall–Kier alpha value is -0.0400. The molecule has 1 heteroatoms. The number of hydrogen-bond donors (Lipinski definition) is 1. The second-order valence-electron chi connectivity index (χ2n) is 6.87. The predicted molar refractivity (Wildman–Crippen MR) is 75.1 cm³/mol. The summed E-state index contributed by atoms with van der Waals surface area (Å²) in [6, 6.07) is 0. The Bertz CT molecular complexity index is 226. The lowest BCUT2D eigenvalue weighted by molar-refractivity contribution is 0.306. The third-order valence-electron chi connectivity index (χ3n) is 5.41. The molecular formula is C16H31N. The Balaban J connectivity index is 1.87. The van der Waals surface area contributed by atoms with E-state index in [4.69, 9.17) is 0 Å². The van der Waals surface area contributed by atoms with Gasteiger partial charge in [0.05, 0.1) is 0 Å². The zero-order valence-corrected chi connectivity index (χ0v) is 12.1. The van der Waals surface area contributed by atoms with Crippen LogP contribution in [0.25, 0.3) is 0 Å². The highest BCUT2D eigenvalue weighted by Crippen LogP contribution is 2.63. The normalized spacial score (nSPS) is 34.1. The maximum Gasteiger partial charge on any atom is -0.00125 e. The van der Waals surface area contributed by atoms with Crippen molar-refractivity contribution in [2.24, 2.45) is 23.2 Å². The Morgan fingerprint density at radius 2 is 1.59 bits per heavy atom. The highest BCUT2D eigenvalue weighted by atomic mass is 14.9. The molecule has 0 amide bonds. The maximum atomic E-state index is 3.56. The Morgan fingerprint density at radius 1 is 1.00 bits per heavy atom. The molecule has 2 saturated carbocycles. The molecule has 2 atom stereocenters. The quantitative estimate of drug-likeness (QED) is 0.771. The van der Waals surface area contributed by atoms with Gasteiger partial charge >= 0.3 is 0 Å². The SMILES string of the molecule is CCNCC1C(C2CCCCCCC2)C1(C)C. The summed E-state index contributed by atoms with van der Waals surface area (Å²) in [6.07, 6.45) is 10.5. The molecule has 0 aromatic heterocycles. The number of hydrogen-bond acceptors (Lipinski definition) is 1. The zero-order valence-electron chi connectivity index (χ0n) is 12.1. The Labute approximate surface area is 108 Å². The van der Waals surface area contributed by atoms with Gasteiger partial charge in [0.25, 0.3) is 0 Å². The van der Waals surface area contributed by atoms with Crippen molar-refractivity contribution in [2.45, 2.75) is 65.7 Å². The molecule has 2 rings (SSSR count). The Kier molecular flexibility index (Phi) is 4.52. The Morgan fingerprint density at radius 3 is 2.18 bits per heavy atom. The molecule has 17 heavy (non-hydrogen) atoms. The topological polar surface area (TPSA) is 12.0 Å². The van der Waals surface area contributed by atoms with Crippen LogP contribution in [-0.4, -0.2) is 13.1 Å². The summed E-state index contributed by atoms with van der Waals surface area (Å²) in [5.74, 6) is 3.00. The summed E-state index contributed by atoms with van der Waals surface area (Å²) in [5, 5.41) is 3.56. The van der Waals surface area contributed by atoms with Crippen LogP contribution in [0.4, 0.5) is 0 Å². The molecule has 0 spiro atoms. The summed E-state index contributed by atoms with van der Waals surface area (Å²) >= 11 is 0. The van der Waals surface area contributed by atoms with E-state index in [0.29, 0.717) is 5.41 Å². The van der Waals surface area contributed by atoms with Gasteiger partial charge in [0, 0.05) is 0 Å². The fraction of sp³-hybridized carbons (Fsp3) is 1.00. The third-order valence-corrected chi connectivity index (χ3v) is 5.41. The lowest BCUT2D eigenvalue weighted by atomic mass is 9.85. The van der Waals surface area contributed by atoms with Crippen molar-refractivity contribution in [1.82, 2.24) is 5.32 Å². The van der Waals surface area contributed by atoms with Gasteiger partial charge in [0.15, 0.2) is 0 Å². The second kappa shape index (κ2) is 5.73. The molecule has 0 aromatic carbocycles. The summed E-state index contributed by atoms with van der Waals surface area (Å²) in [5.41, 5.74) is 0.617. The monoisotopic (exact) mass is 237 g/mol. The van der Waals surface area contributed by atoms with E-state index >= 15 is 0 Å². The summed E-state index contributed by atoms with van der Waals surface area (Å²) in [4.78, 5) is 0. The minimum Gasteiger partial charge on any atom is -0.317 e. The molecule has 2 aliphatic carbocycles. The van der Waals surface area contributed by atoms with E-state index in [0.717, 1.165) is 24.3 Å². The molecule has 1 N–H and O–H groups in total. The fourth-order valence-electron chi connectivity index (χ4n) is 4.26. The average molecular weight is 237 g/mol. The largest absolute Gasteiger partial charge is 0.317 e. The van der Waals surface area contributed by atoms with E-state index < -0.39 is 0 Å². The van der Waals surface area contributed by atoms with E-state index in [-0.39, 0.29) is 0 Å². The van der Waals surface area contributed by atoms with E-state index in [1.54, 1.807) is 0 Å². The van der Waals surface area contributed by atoms with Gasteiger partial charge in [-0.2, -0.15) is 0 Å². The zero-order chi connectivity index (χ0) is 12.3. The van der Waals surface area contributed by atoms with Crippen LogP contribution < -0.4 is 5.32 Å². The van der Waals surface area contributed by atoms with Crippen LogP contribution >= 0.6 is 0 Å². The van der Waals surface area contributed by atoms with E-state index in [2.05, 4.69) is 26.1 Å². The summed E-state index contributed by atoms with van der Waals surface area (Å²) in [6.45, 7) is 9.60. The molecule has 2 aliphatic rings. The van der Waals surface area contributed by atoms with Crippen LogP contribution in [0, 0.1) is 23.2 Å². The van der Waals surface area contributed by atoms with Crippen molar-refractivity contribution < 1.29 is 0 Å². The van der Waals surface area contributed by atoms with Gasteiger partial charge < -0.3 is 5.32 Å². The molecule has 0 bridgehead atoms. The van der Waals surface area contributed by atoms with Crippen molar-refractivity contribution in [3.63, 3.8) is 0 Å². The van der Waals surface area contributed by atoms with Crippen molar-refractivity contribution in [3.05, 3.63) is 0 Å². The maximum absolute atomic E-state index is 3.56. The lowest BCUT2D eigenvalue weighted by Crippen LogP contribution is -2.18. The first-order chi connectivity index (χ1) is 8.18. The van der Waals surface area contributed by atoms with Gasteiger partial charge in [-0.1, -0.05) is 65.7 Å². The minimum atomic E-state index is 0.617. The van der Waals surface area contributed by atoms with Crippen molar-refractivity contribution in [3.8, 4) is 0 Å². The smallest absolute Gasteiger partial charge is 0.00125 e. The van der Waals surface area contributed by atoms with Crippen LogP contribution in [0.3, 0.4) is 0 Å². The summed E-state index contributed by atoms with van der Waals surface area (Å²) < 4.78 is 0. The van der Waals surface area contributed by atoms with Crippen molar-refractivity contribution >= 4 is 0 Å². The molecule has 100 valence electrons. The minimum absolute atomic E-state index is 0.617. The highest BCUT2D eigenvalue weighted by Gasteiger charge is 2.59. The highest BCUT2D eigenvalue weighted by molar-refractivity contribution is 5.08. The van der Waals surface area contributed by atoms with E-state index in [1.807, 2.05) is 0 Å². The molecule has 1 nitrogen and oxygen atoms in total. The second-order valence-corrected chi connectivity index (χ2v) is 6.87. The van der Waals surface area contributed by atoms with Gasteiger partial charge in [-0.25, -0.2) is 0 Å². The van der Waals surface area contributed by atoms with Crippen LogP contribution in [0.1, 0.15) is 65.7 Å². The molecule has 0 heterocycles. The third kappa shape index (κ3) is 3.05. The van der Waals surface area contributed by atoms with Gasteiger partial charge in [0.1, 0.15) is 0 Å². The first-order valence-corrected chi connectivity index (χ1v) is 7.88. The van der Waals surface area contributed by atoms with Crippen LogP contribution in [0.2, 0.25) is 0 Å².